The smallest absolute Gasteiger partial charge is 0.180 e. The van der Waals surface area contributed by atoms with Gasteiger partial charge in [0.15, 0.2) is 5.78 Å². The average Bonchev–Trinajstić information content (AvgIpc) is 3.03. The minimum Gasteiger partial charge on any atom is -0.293 e. The lowest BCUT2D eigenvalue weighted by Crippen LogP contribution is -2.12. The zero-order valence-corrected chi connectivity index (χ0v) is 12.7. The van der Waals surface area contributed by atoms with E-state index in [1.807, 2.05) is 18.5 Å². The van der Waals surface area contributed by atoms with Gasteiger partial charge < -0.3 is 0 Å². The van der Waals surface area contributed by atoms with E-state index in [0.717, 1.165) is 23.5 Å². The Kier molecular flexibility index (Phi) is 3.70. The third kappa shape index (κ3) is 2.54. The Hall–Kier alpha value is -1.49. The van der Waals surface area contributed by atoms with Crippen molar-refractivity contribution in [2.24, 2.45) is 0 Å². The van der Waals surface area contributed by atoms with E-state index in [4.69, 9.17) is 0 Å². The maximum absolute atomic E-state index is 12.4. The third-order valence-electron chi connectivity index (χ3n) is 3.73. The van der Waals surface area contributed by atoms with Gasteiger partial charge in [-0.2, -0.15) is 5.10 Å². The molecule has 0 aliphatic heterocycles. The van der Waals surface area contributed by atoms with Gasteiger partial charge in [-0.3, -0.25) is 4.79 Å². The molecule has 2 aromatic heterocycles. The molecule has 5 heteroatoms. The summed E-state index contributed by atoms with van der Waals surface area (Å²) in [7, 11) is 0. The van der Waals surface area contributed by atoms with Crippen molar-refractivity contribution in [2.45, 2.75) is 52.0 Å². The standard InChI is InChI=1S/C15H19N3OS/c1-10(2)18-15(16-9-17-18)8-12(19)14-7-11-5-3-4-6-13(11)20-14/h7,9-10H,3-6,8H2,1-2H3. The maximum Gasteiger partial charge on any atom is 0.180 e. The van der Waals surface area contributed by atoms with Crippen molar-refractivity contribution in [3.8, 4) is 0 Å². The number of aryl methyl sites for hydroxylation is 2. The van der Waals surface area contributed by atoms with Crippen LogP contribution in [0.2, 0.25) is 0 Å². The van der Waals surface area contributed by atoms with E-state index in [2.05, 4.69) is 16.1 Å². The number of nitrogens with zero attached hydrogens (tertiary/aromatic N) is 3. The first-order chi connectivity index (χ1) is 9.65. The molecule has 0 bridgehead atoms. The topological polar surface area (TPSA) is 47.8 Å². The lowest BCUT2D eigenvalue weighted by atomic mass is 9.99. The van der Waals surface area contributed by atoms with Crippen LogP contribution < -0.4 is 0 Å². The molecule has 20 heavy (non-hydrogen) atoms. The van der Waals surface area contributed by atoms with Gasteiger partial charge in [-0.15, -0.1) is 11.3 Å². The van der Waals surface area contributed by atoms with E-state index >= 15 is 0 Å². The van der Waals surface area contributed by atoms with Crippen molar-refractivity contribution in [2.75, 3.05) is 0 Å². The van der Waals surface area contributed by atoms with Crippen LogP contribution in [0.5, 0.6) is 0 Å². The number of carbonyl (C=O) groups excluding carboxylic acids is 1. The summed E-state index contributed by atoms with van der Waals surface area (Å²) in [4.78, 5) is 18.9. The van der Waals surface area contributed by atoms with Crippen molar-refractivity contribution in [3.63, 3.8) is 0 Å². The van der Waals surface area contributed by atoms with Gasteiger partial charge >= 0.3 is 0 Å². The van der Waals surface area contributed by atoms with Crippen LogP contribution in [0.25, 0.3) is 0 Å². The van der Waals surface area contributed by atoms with E-state index in [1.165, 1.54) is 29.6 Å². The van der Waals surface area contributed by atoms with Crippen molar-refractivity contribution in [3.05, 3.63) is 33.5 Å². The fourth-order valence-electron chi connectivity index (χ4n) is 2.69. The maximum atomic E-state index is 12.4. The minimum atomic E-state index is 0.166. The van der Waals surface area contributed by atoms with Crippen LogP contribution in [0.4, 0.5) is 0 Å². The number of hydrogen-bond acceptors (Lipinski definition) is 4. The van der Waals surface area contributed by atoms with Crippen LogP contribution in [-0.2, 0) is 19.3 Å². The van der Waals surface area contributed by atoms with E-state index < -0.39 is 0 Å². The first-order valence-electron chi connectivity index (χ1n) is 7.18. The summed E-state index contributed by atoms with van der Waals surface area (Å²) in [5.74, 6) is 0.927. The normalized spacial score (nSPS) is 14.6. The van der Waals surface area contributed by atoms with E-state index in [1.54, 1.807) is 11.3 Å². The Bertz CT molecular complexity index is 603. The average molecular weight is 289 g/mol. The highest BCUT2D eigenvalue weighted by Crippen LogP contribution is 2.30. The molecule has 3 rings (SSSR count). The summed E-state index contributed by atoms with van der Waals surface area (Å²) in [6.07, 6.45) is 6.64. The largest absolute Gasteiger partial charge is 0.293 e. The van der Waals surface area contributed by atoms with Gasteiger partial charge in [0.2, 0.25) is 0 Å². The molecule has 0 spiro atoms. The summed E-state index contributed by atoms with van der Waals surface area (Å²) >= 11 is 1.67. The quantitative estimate of drug-likeness (QED) is 0.812. The van der Waals surface area contributed by atoms with Crippen LogP contribution >= 0.6 is 11.3 Å². The highest BCUT2D eigenvalue weighted by atomic mass is 32.1. The van der Waals surface area contributed by atoms with Crippen LogP contribution in [0, 0.1) is 0 Å². The third-order valence-corrected chi connectivity index (χ3v) is 5.00. The van der Waals surface area contributed by atoms with E-state index in [-0.39, 0.29) is 11.8 Å². The molecule has 0 saturated carbocycles. The summed E-state index contributed by atoms with van der Waals surface area (Å²) < 4.78 is 1.82. The van der Waals surface area contributed by atoms with Crippen LogP contribution in [0.15, 0.2) is 12.4 Å². The molecule has 0 radical (unpaired) electrons. The first-order valence-corrected chi connectivity index (χ1v) is 8.00. The second kappa shape index (κ2) is 5.48. The van der Waals surface area contributed by atoms with E-state index in [9.17, 15) is 4.79 Å². The highest BCUT2D eigenvalue weighted by Gasteiger charge is 2.19. The second-order valence-corrected chi connectivity index (χ2v) is 6.72. The van der Waals surface area contributed by atoms with Gasteiger partial charge in [0.25, 0.3) is 0 Å². The molecule has 1 aliphatic carbocycles. The number of fused-ring (bicyclic) bond motifs is 1. The Labute approximate surface area is 122 Å². The molecule has 1 aliphatic rings. The van der Waals surface area contributed by atoms with Crippen LogP contribution in [0.3, 0.4) is 0 Å². The van der Waals surface area contributed by atoms with Gasteiger partial charge in [-0.05, 0) is 51.2 Å². The lowest BCUT2D eigenvalue weighted by molar-refractivity contribution is 0.0993. The molecule has 0 aromatic carbocycles. The number of rotatable bonds is 4. The zero-order chi connectivity index (χ0) is 14.1. The van der Waals surface area contributed by atoms with Crippen molar-refractivity contribution < 1.29 is 4.79 Å². The Morgan fingerprint density at radius 1 is 1.40 bits per heavy atom. The van der Waals surface area contributed by atoms with Crippen molar-refractivity contribution in [1.29, 1.82) is 0 Å². The number of aromatic nitrogens is 3. The summed E-state index contributed by atoms with van der Waals surface area (Å²) in [5.41, 5.74) is 1.38. The Morgan fingerprint density at radius 3 is 2.95 bits per heavy atom. The number of thiophene rings is 1. The second-order valence-electron chi connectivity index (χ2n) is 5.58. The molecule has 0 N–H and O–H groups in total. The van der Waals surface area contributed by atoms with Crippen molar-refractivity contribution >= 4 is 17.1 Å². The zero-order valence-electron chi connectivity index (χ0n) is 11.9. The molecular formula is C15H19N3OS. The summed E-state index contributed by atoms with van der Waals surface area (Å²) in [6.45, 7) is 4.10. The van der Waals surface area contributed by atoms with Gasteiger partial charge in [-0.25, -0.2) is 9.67 Å². The molecule has 0 amide bonds. The van der Waals surface area contributed by atoms with Gasteiger partial charge in [0.1, 0.15) is 12.2 Å². The van der Waals surface area contributed by atoms with Crippen molar-refractivity contribution in [1.82, 2.24) is 14.8 Å². The molecule has 4 nitrogen and oxygen atoms in total. The van der Waals surface area contributed by atoms with Crippen LogP contribution in [-0.4, -0.2) is 20.5 Å². The van der Waals surface area contributed by atoms with Gasteiger partial charge in [0.05, 0.1) is 11.3 Å². The van der Waals surface area contributed by atoms with Crippen LogP contribution in [0.1, 0.15) is 58.7 Å². The van der Waals surface area contributed by atoms with Gasteiger partial charge in [0, 0.05) is 10.9 Å². The fraction of sp³-hybridized carbons (Fsp3) is 0.533. The summed E-state index contributed by atoms with van der Waals surface area (Å²) in [5, 5.41) is 4.18. The number of Topliss-reactive ketones (excluding diaryl/α,β-unsaturated/α-hetero) is 1. The Balaban J connectivity index is 1.79. The number of ketones is 1. The number of hydrogen-bond donors (Lipinski definition) is 0. The molecule has 0 unspecified atom stereocenters. The molecular weight excluding hydrogens is 270 g/mol. The molecule has 0 fully saturated rings. The predicted octanol–water partition coefficient (Wildman–Crippen LogP) is 3.22. The van der Waals surface area contributed by atoms with Gasteiger partial charge in [-0.1, -0.05) is 0 Å². The summed E-state index contributed by atoms with van der Waals surface area (Å²) in [6, 6.07) is 2.33. The molecule has 2 heterocycles. The molecule has 0 atom stereocenters. The molecule has 106 valence electrons. The monoisotopic (exact) mass is 289 g/mol. The van der Waals surface area contributed by atoms with E-state index in [0.29, 0.717) is 6.42 Å². The first kappa shape index (κ1) is 13.5. The number of carbonyl (C=O) groups is 1. The fourth-order valence-corrected chi connectivity index (χ4v) is 3.88. The molecule has 2 aromatic rings. The minimum absolute atomic E-state index is 0.166. The lowest BCUT2D eigenvalue weighted by Gasteiger charge is -2.08. The highest BCUT2D eigenvalue weighted by molar-refractivity contribution is 7.14. The SMILES string of the molecule is CC(C)n1ncnc1CC(=O)c1cc2c(s1)CCCC2. The predicted molar refractivity (Wildman–Crippen MR) is 79.4 cm³/mol. The Morgan fingerprint density at radius 2 is 2.20 bits per heavy atom. The molecule has 0 saturated heterocycles.